The molecule has 0 aliphatic carbocycles. The van der Waals surface area contributed by atoms with Gasteiger partial charge in [-0.25, -0.2) is 0 Å². The Kier molecular flexibility index (Phi) is 5.65. The highest BCUT2D eigenvalue weighted by Crippen LogP contribution is 2.15. The Hall–Kier alpha value is -1.55. The Morgan fingerprint density at radius 1 is 1.44 bits per heavy atom. The van der Waals surface area contributed by atoms with Gasteiger partial charge in [-0.2, -0.15) is 0 Å². The zero-order chi connectivity index (χ0) is 13.5. The lowest BCUT2D eigenvalue weighted by atomic mass is 10.1. The molecular weight excluding hydrogens is 228 g/mol. The summed E-state index contributed by atoms with van der Waals surface area (Å²) >= 11 is 0. The smallest absolute Gasteiger partial charge is 0.251 e. The quantitative estimate of drug-likeness (QED) is 0.600. The number of hydrogen-bond donors (Lipinski definition) is 2. The summed E-state index contributed by atoms with van der Waals surface area (Å²) in [6.07, 6.45) is 1.04. The standard InChI is InChI=1S/C14H22N2O2/c1-10(2)18-9-5-8-16-14(17)12-6-4-7-13(15)11(12)3/h4,6-7,10H,5,8-9,15H2,1-3H3,(H,16,17). The van der Waals surface area contributed by atoms with Crippen molar-refractivity contribution >= 4 is 11.6 Å². The molecule has 0 bridgehead atoms. The van der Waals surface area contributed by atoms with Crippen LogP contribution in [0.5, 0.6) is 0 Å². The van der Waals surface area contributed by atoms with Crippen molar-refractivity contribution in [1.82, 2.24) is 5.32 Å². The van der Waals surface area contributed by atoms with Gasteiger partial charge in [-0.1, -0.05) is 6.07 Å². The van der Waals surface area contributed by atoms with Crippen molar-refractivity contribution in [2.45, 2.75) is 33.3 Å². The van der Waals surface area contributed by atoms with E-state index in [1.54, 1.807) is 18.2 Å². The third-order valence-corrected chi connectivity index (χ3v) is 2.68. The molecular formula is C14H22N2O2. The Bertz CT molecular complexity index is 403. The molecule has 3 N–H and O–H groups in total. The SMILES string of the molecule is Cc1c(N)cccc1C(=O)NCCCOC(C)C. The number of anilines is 1. The number of nitrogen functional groups attached to an aromatic ring is 1. The minimum atomic E-state index is -0.0793. The van der Waals surface area contributed by atoms with Crippen LogP contribution in [-0.2, 0) is 4.74 Å². The lowest BCUT2D eigenvalue weighted by molar-refractivity contribution is 0.0757. The molecule has 0 heterocycles. The van der Waals surface area contributed by atoms with Crippen LogP contribution in [0.1, 0.15) is 36.2 Å². The van der Waals surface area contributed by atoms with E-state index >= 15 is 0 Å². The van der Waals surface area contributed by atoms with Crippen molar-refractivity contribution < 1.29 is 9.53 Å². The first-order valence-corrected chi connectivity index (χ1v) is 6.27. The third-order valence-electron chi connectivity index (χ3n) is 2.68. The van der Waals surface area contributed by atoms with Crippen LogP contribution >= 0.6 is 0 Å². The highest BCUT2D eigenvalue weighted by Gasteiger charge is 2.09. The normalized spacial score (nSPS) is 10.7. The summed E-state index contributed by atoms with van der Waals surface area (Å²) in [6.45, 7) is 7.11. The van der Waals surface area contributed by atoms with E-state index in [4.69, 9.17) is 10.5 Å². The second kappa shape index (κ2) is 7.01. The van der Waals surface area contributed by atoms with Crippen LogP contribution in [0.25, 0.3) is 0 Å². The highest BCUT2D eigenvalue weighted by molar-refractivity contribution is 5.96. The number of benzene rings is 1. The molecule has 4 heteroatoms. The molecule has 0 radical (unpaired) electrons. The lowest BCUT2D eigenvalue weighted by Gasteiger charge is -2.10. The molecule has 0 aliphatic heterocycles. The molecule has 1 aromatic rings. The fourth-order valence-electron chi connectivity index (χ4n) is 1.59. The summed E-state index contributed by atoms with van der Waals surface area (Å²) in [7, 11) is 0. The van der Waals surface area contributed by atoms with Crippen molar-refractivity contribution in [2.24, 2.45) is 0 Å². The van der Waals surface area contributed by atoms with Gasteiger partial charge in [0.25, 0.3) is 5.91 Å². The molecule has 0 spiro atoms. The van der Waals surface area contributed by atoms with Gasteiger partial charge in [0.15, 0.2) is 0 Å². The lowest BCUT2D eigenvalue weighted by Crippen LogP contribution is -2.26. The van der Waals surface area contributed by atoms with Crippen LogP contribution in [0.4, 0.5) is 5.69 Å². The maximum Gasteiger partial charge on any atom is 0.251 e. The Morgan fingerprint density at radius 3 is 2.83 bits per heavy atom. The molecule has 0 fully saturated rings. The summed E-state index contributed by atoms with van der Waals surface area (Å²) in [5.41, 5.74) is 7.88. The number of nitrogens with one attached hydrogen (secondary N) is 1. The fourth-order valence-corrected chi connectivity index (χ4v) is 1.59. The Balaban J connectivity index is 2.39. The maximum atomic E-state index is 11.9. The summed E-state index contributed by atoms with van der Waals surface area (Å²) in [5, 5.41) is 2.87. The molecule has 0 saturated carbocycles. The first kappa shape index (κ1) is 14.5. The van der Waals surface area contributed by atoms with Gasteiger partial charge >= 0.3 is 0 Å². The van der Waals surface area contributed by atoms with E-state index in [0.29, 0.717) is 24.4 Å². The van der Waals surface area contributed by atoms with Gasteiger partial charge in [0, 0.05) is 24.4 Å². The molecule has 0 saturated heterocycles. The van der Waals surface area contributed by atoms with Crippen molar-refractivity contribution in [3.8, 4) is 0 Å². The molecule has 100 valence electrons. The Morgan fingerprint density at radius 2 is 2.17 bits per heavy atom. The van der Waals surface area contributed by atoms with E-state index in [0.717, 1.165) is 12.0 Å². The maximum absolute atomic E-state index is 11.9. The molecule has 18 heavy (non-hydrogen) atoms. The second-order valence-corrected chi connectivity index (χ2v) is 4.55. The summed E-state index contributed by atoms with van der Waals surface area (Å²) in [4.78, 5) is 11.9. The van der Waals surface area contributed by atoms with Gasteiger partial charge in [-0.3, -0.25) is 4.79 Å². The zero-order valence-electron chi connectivity index (χ0n) is 11.3. The largest absolute Gasteiger partial charge is 0.398 e. The van der Waals surface area contributed by atoms with Gasteiger partial charge in [-0.15, -0.1) is 0 Å². The predicted molar refractivity (Wildman–Crippen MR) is 73.6 cm³/mol. The van der Waals surface area contributed by atoms with E-state index in [1.807, 2.05) is 20.8 Å². The first-order valence-electron chi connectivity index (χ1n) is 6.27. The molecule has 1 amide bonds. The van der Waals surface area contributed by atoms with Gasteiger partial charge in [-0.05, 0) is 44.9 Å². The number of rotatable bonds is 6. The number of nitrogens with two attached hydrogens (primary N) is 1. The molecule has 4 nitrogen and oxygen atoms in total. The van der Waals surface area contributed by atoms with E-state index in [9.17, 15) is 4.79 Å². The monoisotopic (exact) mass is 250 g/mol. The fraction of sp³-hybridized carbons (Fsp3) is 0.500. The van der Waals surface area contributed by atoms with Crippen molar-refractivity contribution in [2.75, 3.05) is 18.9 Å². The zero-order valence-corrected chi connectivity index (χ0v) is 11.3. The van der Waals surface area contributed by atoms with Crippen LogP contribution in [-0.4, -0.2) is 25.2 Å². The number of carbonyl (C=O) groups excluding carboxylic acids is 1. The predicted octanol–water partition coefficient (Wildman–Crippen LogP) is 2.12. The van der Waals surface area contributed by atoms with Crippen LogP contribution in [0, 0.1) is 6.92 Å². The number of ether oxygens (including phenoxy) is 1. The van der Waals surface area contributed by atoms with Gasteiger partial charge in [0.05, 0.1) is 6.10 Å². The average Bonchev–Trinajstić information content (AvgIpc) is 2.31. The first-order chi connectivity index (χ1) is 8.52. The van der Waals surface area contributed by atoms with E-state index in [2.05, 4.69) is 5.32 Å². The van der Waals surface area contributed by atoms with E-state index < -0.39 is 0 Å². The van der Waals surface area contributed by atoms with Crippen LogP contribution in [0.2, 0.25) is 0 Å². The minimum Gasteiger partial charge on any atom is -0.398 e. The second-order valence-electron chi connectivity index (χ2n) is 4.55. The number of hydrogen-bond acceptors (Lipinski definition) is 3. The molecule has 1 aromatic carbocycles. The van der Waals surface area contributed by atoms with Crippen molar-refractivity contribution in [3.63, 3.8) is 0 Å². The van der Waals surface area contributed by atoms with E-state index in [-0.39, 0.29) is 12.0 Å². The van der Waals surface area contributed by atoms with Gasteiger partial charge in [0.2, 0.25) is 0 Å². The summed E-state index contributed by atoms with van der Waals surface area (Å²) in [5.74, 6) is -0.0793. The molecule has 1 rings (SSSR count). The van der Waals surface area contributed by atoms with Gasteiger partial charge < -0.3 is 15.8 Å². The molecule has 0 unspecified atom stereocenters. The topological polar surface area (TPSA) is 64.4 Å². The molecule has 0 aromatic heterocycles. The van der Waals surface area contributed by atoms with Crippen LogP contribution in [0.3, 0.4) is 0 Å². The van der Waals surface area contributed by atoms with Gasteiger partial charge in [0.1, 0.15) is 0 Å². The highest BCUT2D eigenvalue weighted by atomic mass is 16.5. The minimum absolute atomic E-state index is 0.0793. The molecule has 0 atom stereocenters. The van der Waals surface area contributed by atoms with E-state index in [1.165, 1.54) is 0 Å². The van der Waals surface area contributed by atoms with Crippen LogP contribution < -0.4 is 11.1 Å². The number of carbonyl (C=O) groups is 1. The van der Waals surface area contributed by atoms with Crippen molar-refractivity contribution in [1.29, 1.82) is 0 Å². The molecule has 0 aliphatic rings. The third kappa shape index (κ3) is 4.37. The van der Waals surface area contributed by atoms with Crippen LogP contribution in [0.15, 0.2) is 18.2 Å². The Labute approximate surface area is 109 Å². The number of amides is 1. The summed E-state index contributed by atoms with van der Waals surface area (Å²) < 4.78 is 5.40. The summed E-state index contributed by atoms with van der Waals surface area (Å²) in [6, 6.07) is 5.37. The average molecular weight is 250 g/mol. The van der Waals surface area contributed by atoms with Crippen molar-refractivity contribution in [3.05, 3.63) is 29.3 Å².